The number of carbonyl (C=O) groups is 2. The number of rotatable bonds is 6. The lowest BCUT2D eigenvalue weighted by molar-refractivity contribution is -0.132. The van der Waals surface area contributed by atoms with Gasteiger partial charge in [-0.3, -0.25) is 9.59 Å². The van der Waals surface area contributed by atoms with Crippen LogP contribution in [-0.2, 0) is 4.79 Å². The van der Waals surface area contributed by atoms with Gasteiger partial charge in [0.05, 0.1) is 18.2 Å². The monoisotopic (exact) mass is 496 g/mol. The van der Waals surface area contributed by atoms with Crippen LogP contribution in [0.15, 0.2) is 54.7 Å². The first-order chi connectivity index (χ1) is 16.8. The van der Waals surface area contributed by atoms with Crippen molar-refractivity contribution in [1.82, 2.24) is 15.2 Å². The van der Waals surface area contributed by atoms with E-state index in [4.69, 9.17) is 17.3 Å². The number of amides is 2. The summed E-state index contributed by atoms with van der Waals surface area (Å²) in [5.41, 5.74) is 8.39. The van der Waals surface area contributed by atoms with Crippen molar-refractivity contribution in [3.63, 3.8) is 0 Å². The van der Waals surface area contributed by atoms with E-state index < -0.39 is 17.8 Å². The normalized spacial score (nSPS) is 16.7. The highest BCUT2D eigenvalue weighted by Crippen LogP contribution is 2.33. The molecule has 2 atom stereocenters. The van der Waals surface area contributed by atoms with Gasteiger partial charge in [0.15, 0.2) is 0 Å². The molecule has 0 bridgehead atoms. The molecule has 0 spiro atoms. The predicted octanol–water partition coefficient (Wildman–Crippen LogP) is 3.92. The summed E-state index contributed by atoms with van der Waals surface area (Å²) in [6.45, 7) is 0.284. The lowest BCUT2D eigenvalue weighted by Crippen LogP contribution is -2.34. The fourth-order valence-corrected chi connectivity index (χ4v) is 4.43. The number of likely N-dealkylation sites (tertiary alicyclic amines) is 1. The summed E-state index contributed by atoms with van der Waals surface area (Å²) in [7, 11) is 1.78. The minimum absolute atomic E-state index is 0.0161. The maximum absolute atomic E-state index is 15.0. The second-order valence-corrected chi connectivity index (χ2v) is 9.10. The van der Waals surface area contributed by atoms with Gasteiger partial charge in [0.2, 0.25) is 5.91 Å². The zero-order chi connectivity index (χ0) is 25.1. The average Bonchev–Trinajstić information content (AvgIpc) is 2.84. The van der Waals surface area contributed by atoms with E-state index in [1.807, 2.05) is 6.07 Å². The van der Waals surface area contributed by atoms with Crippen molar-refractivity contribution in [3.8, 4) is 11.1 Å². The van der Waals surface area contributed by atoms with Gasteiger partial charge in [-0.2, -0.15) is 0 Å². The van der Waals surface area contributed by atoms with Gasteiger partial charge in [0, 0.05) is 36.8 Å². The number of aliphatic hydroxyl groups is 1. The van der Waals surface area contributed by atoms with Gasteiger partial charge >= 0.3 is 0 Å². The van der Waals surface area contributed by atoms with E-state index in [-0.39, 0.29) is 29.8 Å². The third kappa shape index (κ3) is 5.44. The number of nitrogens with two attached hydrogens (primary N) is 1. The number of aromatic nitrogens is 1. The number of piperidine rings is 1. The number of benzene rings is 2. The largest absolute Gasteiger partial charge is 0.394 e. The molecule has 2 heterocycles. The number of hydrogen-bond acceptors (Lipinski definition) is 5. The summed E-state index contributed by atoms with van der Waals surface area (Å²) >= 11 is 6.00. The zero-order valence-electron chi connectivity index (χ0n) is 19.2. The van der Waals surface area contributed by atoms with E-state index >= 15 is 4.39 Å². The molecule has 0 radical (unpaired) electrons. The molecule has 35 heavy (non-hydrogen) atoms. The van der Waals surface area contributed by atoms with Gasteiger partial charge in [0.1, 0.15) is 11.6 Å². The van der Waals surface area contributed by atoms with Crippen LogP contribution in [0.3, 0.4) is 0 Å². The first-order valence-corrected chi connectivity index (χ1v) is 11.6. The van der Waals surface area contributed by atoms with Crippen molar-refractivity contribution in [2.75, 3.05) is 25.9 Å². The molecular weight excluding hydrogens is 471 g/mol. The molecule has 2 aromatic carbocycles. The summed E-state index contributed by atoms with van der Waals surface area (Å²) < 4.78 is 15.0. The fourth-order valence-electron chi connectivity index (χ4n) is 4.23. The molecule has 1 saturated heterocycles. The van der Waals surface area contributed by atoms with Crippen LogP contribution in [0.1, 0.15) is 46.3 Å². The molecule has 2 amide bonds. The Morgan fingerprint density at radius 3 is 2.80 bits per heavy atom. The van der Waals surface area contributed by atoms with E-state index in [1.54, 1.807) is 48.5 Å². The Bertz CT molecular complexity index is 1270. The summed E-state index contributed by atoms with van der Waals surface area (Å²) in [5, 5.41) is 12.8. The van der Waals surface area contributed by atoms with Crippen molar-refractivity contribution in [2.24, 2.45) is 0 Å². The summed E-state index contributed by atoms with van der Waals surface area (Å²) in [6.07, 6.45) is 2.85. The van der Waals surface area contributed by atoms with E-state index in [1.165, 1.54) is 12.1 Å². The first kappa shape index (κ1) is 24.6. The number of carbonyl (C=O) groups excluding carboxylic acids is 2. The van der Waals surface area contributed by atoms with Crippen LogP contribution in [-0.4, -0.2) is 47.0 Å². The minimum Gasteiger partial charge on any atom is -0.394 e. The molecule has 1 fully saturated rings. The van der Waals surface area contributed by atoms with Crippen molar-refractivity contribution >= 4 is 29.2 Å². The van der Waals surface area contributed by atoms with Gasteiger partial charge in [-0.15, -0.1) is 0 Å². The second-order valence-electron chi connectivity index (χ2n) is 8.66. The minimum atomic E-state index is -0.742. The van der Waals surface area contributed by atoms with E-state index in [0.29, 0.717) is 34.7 Å². The zero-order valence-corrected chi connectivity index (χ0v) is 19.9. The highest BCUT2D eigenvalue weighted by molar-refractivity contribution is 6.30. The topological polar surface area (TPSA) is 109 Å². The number of hydrogen-bond donors (Lipinski definition) is 3. The quantitative estimate of drug-likeness (QED) is 0.479. The molecule has 0 aliphatic carbocycles. The van der Waals surface area contributed by atoms with E-state index in [9.17, 15) is 14.7 Å². The summed E-state index contributed by atoms with van der Waals surface area (Å²) in [4.78, 5) is 30.8. The van der Waals surface area contributed by atoms with Gasteiger partial charge in [-0.05, 0) is 59.4 Å². The van der Waals surface area contributed by atoms with Crippen LogP contribution in [0.25, 0.3) is 11.1 Å². The molecule has 0 saturated carbocycles. The van der Waals surface area contributed by atoms with Crippen molar-refractivity contribution < 1.29 is 19.1 Å². The molecular formula is C26H26ClFN4O3. The lowest BCUT2D eigenvalue weighted by Gasteiger charge is -2.29. The van der Waals surface area contributed by atoms with Crippen molar-refractivity contribution in [2.45, 2.75) is 24.8 Å². The van der Waals surface area contributed by atoms with Gasteiger partial charge in [0.25, 0.3) is 5.91 Å². The van der Waals surface area contributed by atoms with Crippen molar-refractivity contribution in [1.29, 1.82) is 0 Å². The highest BCUT2D eigenvalue weighted by Gasteiger charge is 2.26. The molecule has 1 aliphatic rings. The third-order valence-electron chi connectivity index (χ3n) is 6.33. The van der Waals surface area contributed by atoms with Crippen LogP contribution in [0.2, 0.25) is 5.02 Å². The van der Waals surface area contributed by atoms with Gasteiger partial charge < -0.3 is 21.1 Å². The van der Waals surface area contributed by atoms with E-state index in [0.717, 1.165) is 12.0 Å². The Morgan fingerprint density at radius 2 is 2.11 bits per heavy atom. The molecule has 182 valence electrons. The smallest absolute Gasteiger partial charge is 0.254 e. The standard InChI is InChI=1S/C26H26ClFN4O3/c1-32-8-7-15(12-24(32)34)18-10-21(25(29)30-13-18)16-5-6-20(22(28)11-16)26(35)31-23(14-33)17-3-2-4-19(27)9-17/h2-6,9-11,13,15,23,33H,7-8,12,14H2,1H3,(H2,29,30)(H,31,35)/t15?,23-/m1/s1. The Kier molecular flexibility index (Phi) is 7.33. The average molecular weight is 497 g/mol. The molecule has 1 unspecified atom stereocenters. The molecule has 3 aromatic rings. The number of nitrogens with one attached hydrogen (secondary N) is 1. The van der Waals surface area contributed by atoms with Gasteiger partial charge in [-0.1, -0.05) is 29.8 Å². The van der Waals surface area contributed by atoms with Crippen LogP contribution in [0.4, 0.5) is 10.2 Å². The highest BCUT2D eigenvalue weighted by atomic mass is 35.5. The van der Waals surface area contributed by atoms with Crippen LogP contribution < -0.4 is 11.1 Å². The number of anilines is 1. The molecule has 4 N–H and O–H groups in total. The van der Waals surface area contributed by atoms with E-state index in [2.05, 4.69) is 10.3 Å². The summed E-state index contributed by atoms with van der Waals surface area (Å²) in [6, 6.07) is 12.0. The van der Waals surface area contributed by atoms with Crippen LogP contribution in [0.5, 0.6) is 0 Å². The SMILES string of the molecule is CN1CCC(c2cnc(N)c(-c3ccc(C(=O)N[C@H](CO)c4cccc(Cl)c4)c(F)c3)c2)CC1=O. The number of halogens is 2. The van der Waals surface area contributed by atoms with Crippen molar-refractivity contribution in [3.05, 3.63) is 82.3 Å². The van der Waals surface area contributed by atoms with Crippen LogP contribution >= 0.6 is 11.6 Å². The number of nitrogen functional groups attached to an aromatic ring is 1. The molecule has 1 aromatic heterocycles. The number of aliphatic hydroxyl groups excluding tert-OH is 1. The van der Waals surface area contributed by atoms with Gasteiger partial charge in [-0.25, -0.2) is 9.37 Å². The first-order valence-electron chi connectivity index (χ1n) is 11.2. The molecule has 4 rings (SSSR count). The Morgan fingerprint density at radius 1 is 1.31 bits per heavy atom. The Balaban J connectivity index is 1.56. The Hall–Kier alpha value is -3.49. The third-order valence-corrected chi connectivity index (χ3v) is 6.57. The van der Waals surface area contributed by atoms with Crippen LogP contribution in [0, 0.1) is 5.82 Å². The molecule has 7 nitrogen and oxygen atoms in total. The molecule has 9 heteroatoms. The second kappa shape index (κ2) is 10.4. The summed E-state index contributed by atoms with van der Waals surface area (Å²) in [5.74, 6) is -1.09. The molecule has 1 aliphatic heterocycles. The maximum atomic E-state index is 15.0. The number of pyridine rings is 1. The fraction of sp³-hybridized carbons (Fsp3) is 0.269. The number of nitrogens with zero attached hydrogens (tertiary/aromatic N) is 2. The Labute approximate surface area is 207 Å². The maximum Gasteiger partial charge on any atom is 0.254 e. The lowest BCUT2D eigenvalue weighted by atomic mass is 9.88. The predicted molar refractivity (Wildman–Crippen MR) is 132 cm³/mol.